The number of ether oxygens (including phenoxy) is 1. The van der Waals surface area contributed by atoms with Crippen LogP contribution >= 0.6 is 11.3 Å². The normalized spacial score (nSPS) is 17.5. The molecule has 0 bridgehead atoms. The Morgan fingerprint density at radius 3 is 2.95 bits per heavy atom. The monoisotopic (exact) mass is 320 g/mol. The van der Waals surface area contributed by atoms with Crippen LogP contribution in [0.2, 0.25) is 0 Å². The zero-order valence-electron chi connectivity index (χ0n) is 12.3. The molecular weight excluding hydrogens is 300 g/mol. The Balaban J connectivity index is 1.49. The number of benzene rings is 1. The van der Waals surface area contributed by atoms with Gasteiger partial charge in [-0.15, -0.1) is 11.3 Å². The second kappa shape index (κ2) is 7.17. The van der Waals surface area contributed by atoms with Gasteiger partial charge in [-0.1, -0.05) is 12.1 Å². The molecule has 2 N–H and O–H groups in total. The number of carbonyl (C=O) groups excluding carboxylic acids is 1. The number of aromatic nitrogens is 1. The van der Waals surface area contributed by atoms with Gasteiger partial charge in [-0.2, -0.15) is 0 Å². The minimum absolute atomic E-state index is 0.166. The molecule has 0 saturated carbocycles. The van der Waals surface area contributed by atoms with E-state index in [4.69, 9.17) is 4.74 Å². The van der Waals surface area contributed by atoms with Gasteiger partial charge in [0, 0.05) is 19.8 Å². The van der Waals surface area contributed by atoms with Crippen molar-refractivity contribution in [3.63, 3.8) is 0 Å². The summed E-state index contributed by atoms with van der Waals surface area (Å²) in [5, 5.41) is 13.5. The topological polar surface area (TPSA) is 71.5 Å². The first kappa shape index (κ1) is 15.4. The average molecular weight is 320 g/mol. The minimum Gasteiger partial charge on any atom is -0.393 e. The fourth-order valence-corrected chi connectivity index (χ4v) is 3.60. The van der Waals surface area contributed by atoms with Gasteiger partial charge in [-0.25, -0.2) is 4.98 Å². The van der Waals surface area contributed by atoms with Gasteiger partial charge in [-0.05, 0) is 37.3 Å². The van der Waals surface area contributed by atoms with Gasteiger partial charge in [0.05, 0.1) is 16.3 Å². The maximum Gasteiger partial charge on any atom is 0.280 e. The summed E-state index contributed by atoms with van der Waals surface area (Å²) >= 11 is 1.39. The van der Waals surface area contributed by atoms with Crippen LogP contribution in [-0.4, -0.2) is 41.9 Å². The number of amides is 1. The van der Waals surface area contributed by atoms with Gasteiger partial charge < -0.3 is 15.2 Å². The van der Waals surface area contributed by atoms with Crippen LogP contribution in [0.15, 0.2) is 24.3 Å². The number of fused-ring (bicyclic) bond motifs is 1. The lowest BCUT2D eigenvalue weighted by Gasteiger charge is -2.26. The number of hydrogen-bond donors (Lipinski definition) is 2. The summed E-state index contributed by atoms with van der Waals surface area (Å²) in [6.45, 7) is 1.91. The Hall–Kier alpha value is -1.50. The molecule has 2 heterocycles. The van der Waals surface area contributed by atoms with Crippen molar-refractivity contribution in [1.82, 2.24) is 10.3 Å². The van der Waals surface area contributed by atoms with E-state index in [0.717, 1.165) is 36.3 Å². The Morgan fingerprint density at radius 2 is 2.18 bits per heavy atom. The predicted molar refractivity (Wildman–Crippen MR) is 86.1 cm³/mol. The molecule has 1 saturated heterocycles. The Bertz CT molecular complexity index is 604. The number of rotatable bonds is 5. The summed E-state index contributed by atoms with van der Waals surface area (Å²) in [5.74, 6) is 0.119. The molecule has 6 heteroatoms. The summed E-state index contributed by atoms with van der Waals surface area (Å²) in [7, 11) is 0. The summed E-state index contributed by atoms with van der Waals surface area (Å²) in [6, 6.07) is 7.70. The van der Waals surface area contributed by atoms with Crippen molar-refractivity contribution < 1.29 is 14.6 Å². The van der Waals surface area contributed by atoms with E-state index in [-0.39, 0.29) is 17.9 Å². The van der Waals surface area contributed by atoms with E-state index in [9.17, 15) is 9.90 Å². The van der Waals surface area contributed by atoms with Crippen molar-refractivity contribution in [2.45, 2.75) is 25.4 Å². The van der Waals surface area contributed by atoms with Crippen LogP contribution < -0.4 is 5.32 Å². The highest BCUT2D eigenvalue weighted by molar-refractivity contribution is 7.20. The standard InChI is InChI=1S/C16H20N2O3S/c19-13(11-6-9-21-10-7-11)5-8-17-15(20)16-18-12-3-1-2-4-14(12)22-16/h1-4,11,13,19H,5-10H2,(H,17,20). The fraction of sp³-hybridized carbons (Fsp3) is 0.500. The zero-order chi connectivity index (χ0) is 15.4. The molecule has 2 aromatic rings. The summed E-state index contributed by atoms with van der Waals surface area (Å²) in [6.07, 6.45) is 1.99. The SMILES string of the molecule is O=C(NCCC(O)C1CCOCC1)c1nc2ccccc2s1. The fourth-order valence-electron chi connectivity index (χ4n) is 2.71. The third kappa shape index (κ3) is 3.63. The van der Waals surface area contributed by atoms with E-state index in [0.29, 0.717) is 18.0 Å². The molecule has 1 aliphatic rings. The molecule has 5 nitrogen and oxygen atoms in total. The van der Waals surface area contributed by atoms with Gasteiger partial charge in [0.1, 0.15) is 0 Å². The quantitative estimate of drug-likeness (QED) is 0.886. The molecule has 3 rings (SSSR count). The Labute approximate surface area is 133 Å². The van der Waals surface area contributed by atoms with Gasteiger partial charge in [0.15, 0.2) is 5.01 Å². The maximum absolute atomic E-state index is 12.1. The van der Waals surface area contributed by atoms with Crippen molar-refractivity contribution in [2.24, 2.45) is 5.92 Å². The Morgan fingerprint density at radius 1 is 1.41 bits per heavy atom. The first-order valence-electron chi connectivity index (χ1n) is 7.63. The largest absolute Gasteiger partial charge is 0.393 e. The second-order valence-electron chi connectivity index (χ2n) is 5.55. The number of aliphatic hydroxyl groups is 1. The molecule has 1 fully saturated rings. The summed E-state index contributed by atoms with van der Waals surface area (Å²) < 4.78 is 6.30. The molecule has 0 radical (unpaired) electrons. The van der Waals surface area contributed by atoms with E-state index >= 15 is 0 Å². The molecule has 0 aliphatic carbocycles. The molecule has 1 aliphatic heterocycles. The molecule has 1 aromatic heterocycles. The van der Waals surface area contributed by atoms with Crippen molar-refractivity contribution >= 4 is 27.5 Å². The van der Waals surface area contributed by atoms with E-state index in [1.165, 1.54) is 11.3 Å². The molecule has 22 heavy (non-hydrogen) atoms. The lowest BCUT2D eigenvalue weighted by Crippen LogP contribution is -2.32. The van der Waals surface area contributed by atoms with Crippen LogP contribution in [0.3, 0.4) is 0 Å². The van der Waals surface area contributed by atoms with Gasteiger partial charge in [-0.3, -0.25) is 4.79 Å². The smallest absolute Gasteiger partial charge is 0.280 e. The molecule has 118 valence electrons. The van der Waals surface area contributed by atoms with Crippen LogP contribution in [0.4, 0.5) is 0 Å². The summed E-state index contributed by atoms with van der Waals surface area (Å²) in [4.78, 5) is 16.4. The van der Waals surface area contributed by atoms with E-state index in [1.54, 1.807) is 0 Å². The van der Waals surface area contributed by atoms with Crippen molar-refractivity contribution in [3.8, 4) is 0 Å². The summed E-state index contributed by atoms with van der Waals surface area (Å²) in [5.41, 5.74) is 0.847. The number of aliphatic hydroxyl groups excluding tert-OH is 1. The van der Waals surface area contributed by atoms with Crippen molar-refractivity contribution in [1.29, 1.82) is 0 Å². The van der Waals surface area contributed by atoms with Gasteiger partial charge in [0.2, 0.25) is 0 Å². The number of hydrogen-bond acceptors (Lipinski definition) is 5. The minimum atomic E-state index is -0.375. The van der Waals surface area contributed by atoms with Crippen LogP contribution in [-0.2, 0) is 4.74 Å². The number of nitrogens with one attached hydrogen (secondary N) is 1. The van der Waals surface area contributed by atoms with Crippen molar-refractivity contribution in [2.75, 3.05) is 19.8 Å². The number of nitrogens with zero attached hydrogens (tertiary/aromatic N) is 1. The van der Waals surface area contributed by atoms with Crippen LogP contribution in [0.25, 0.3) is 10.2 Å². The van der Waals surface area contributed by atoms with Crippen LogP contribution in [0.1, 0.15) is 29.1 Å². The average Bonchev–Trinajstić information content (AvgIpc) is 2.99. The molecular formula is C16H20N2O3S. The van der Waals surface area contributed by atoms with E-state index in [2.05, 4.69) is 10.3 Å². The van der Waals surface area contributed by atoms with Crippen molar-refractivity contribution in [3.05, 3.63) is 29.3 Å². The lowest BCUT2D eigenvalue weighted by atomic mass is 9.92. The number of para-hydroxylation sites is 1. The maximum atomic E-state index is 12.1. The zero-order valence-corrected chi connectivity index (χ0v) is 13.1. The van der Waals surface area contributed by atoms with Gasteiger partial charge >= 0.3 is 0 Å². The second-order valence-corrected chi connectivity index (χ2v) is 6.58. The van der Waals surface area contributed by atoms with E-state index in [1.807, 2.05) is 24.3 Å². The van der Waals surface area contributed by atoms with Gasteiger partial charge in [0.25, 0.3) is 5.91 Å². The third-order valence-electron chi connectivity index (χ3n) is 4.02. The number of carbonyl (C=O) groups is 1. The molecule has 0 spiro atoms. The highest BCUT2D eigenvalue weighted by Crippen LogP contribution is 2.22. The number of thiazole rings is 1. The molecule has 1 amide bonds. The lowest BCUT2D eigenvalue weighted by molar-refractivity contribution is 0.00528. The first-order valence-corrected chi connectivity index (χ1v) is 8.45. The molecule has 1 aromatic carbocycles. The Kier molecular flexibility index (Phi) is 5.02. The first-order chi connectivity index (χ1) is 10.7. The van der Waals surface area contributed by atoms with E-state index < -0.39 is 0 Å². The third-order valence-corrected chi connectivity index (χ3v) is 5.06. The molecule has 1 atom stereocenters. The predicted octanol–water partition coefficient (Wildman–Crippen LogP) is 2.20. The molecule has 1 unspecified atom stereocenters. The van der Waals surface area contributed by atoms with Crippen LogP contribution in [0.5, 0.6) is 0 Å². The van der Waals surface area contributed by atoms with Crippen LogP contribution in [0, 0.1) is 5.92 Å². The highest BCUT2D eigenvalue weighted by Gasteiger charge is 2.22. The highest BCUT2D eigenvalue weighted by atomic mass is 32.1.